The Labute approximate surface area is 126 Å². The van der Waals surface area contributed by atoms with Crippen molar-refractivity contribution in [2.45, 2.75) is 13.8 Å². The number of benzene rings is 2. The fourth-order valence-corrected chi connectivity index (χ4v) is 2.83. The molecule has 0 aliphatic rings. The van der Waals surface area contributed by atoms with Gasteiger partial charge in [0, 0.05) is 11.1 Å². The number of hydrogen-bond acceptors (Lipinski definition) is 0. The summed E-state index contributed by atoms with van der Waals surface area (Å²) < 4.78 is 0. The Kier molecular flexibility index (Phi) is 4.13. The second-order valence-electron chi connectivity index (χ2n) is 4.16. The van der Waals surface area contributed by atoms with Gasteiger partial charge in [-0.25, -0.2) is 0 Å². The SMILES string of the molecule is Cc1cc(Cl)c(Cl)c(-c2c(C)ccc(Cl)c2Cl)c1. The molecule has 0 unspecified atom stereocenters. The second-order valence-corrected chi connectivity index (χ2v) is 5.73. The molecule has 0 saturated heterocycles. The van der Waals surface area contributed by atoms with Crippen LogP contribution >= 0.6 is 46.4 Å². The molecular formula is C14H10Cl4. The predicted octanol–water partition coefficient (Wildman–Crippen LogP) is 6.58. The first kappa shape index (κ1) is 14.0. The third-order valence-electron chi connectivity index (χ3n) is 2.75. The first-order chi connectivity index (χ1) is 8.41. The number of rotatable bonds is 1. The van der Waals surface area contributed by atoms with Crippen LogP contribution in [0.15, 0.2) is 24.3 Å². The van der Waals surface area contributed by atoms with E-state index in [0.717, 1.165) is 22.3 Å². The van der Waals surface area contributed by atoms with Crippen molar-refractivity contribution >= 4 is 46.4 Å². The first-order valence-corrected chi connectivity index (χ1v) is 6.83. The number of hydrogen-bond donors (Lipinski definition) is 0. The van der Waals surface area contributed by atoms with E-state index in [0.29, 0.717) is 20.1 Å². The lowest BCUT2D eigenvalue weighted by atomic mass is 9.99. The quantitative estimate of drug-likeness (QED) is 0.556. The Morgan fingerprint density at radius 3 is 2.11 bits per heavy atom. The molecule has 0 bridgehead atoms. The largest absolute Gasteiger partial charge is 0.0827 e. The van der Waals surface area contributed by atoms with Gasteiger partial charge in [-0.3, -0.25) is 0 Å². The van der Waals surface area contributed by atoms with E-state index in [1.165, 1.54) is 0 Å². The lowest BCUT2D eigenvalue weighted by molar-refractivity contribution is 1.42. The van der Waals surface area contributed by atoms with Crippen LogP contribution in [0.1, 0.15) is 11.1 Å². The van der Waals surface area contributed by atoms with E-state index in [-0.39, 0.29) is 0 Å². The van der Waals surface area contributed by atoms with Gasteiger partial charge < -0.3 is 0 Å². The fraction of sp³-hybridized carbons (Fsp3) is 0.143. The van der Waals surface area contributed by atoms with Crippen molar-refractivity contribution in [1.29, 1.82) is 0 Å². The molecule has 0 N–H and O–H groups in total. The Bertz CT molecular complexity index is 618. The van der Waals surface area contributed by atoms with Gasteiger partial charge in [-0.05, 0) is 43.2 Å². The number of aryl methyl sites for hydroxylation is 2. The van der Waals surface area contributed by atoms with Crippen molar-refractivity contribution in [2.24, 2.45) is 0 Å². The van der Waals surface area contributed by atoms with E-state index < -0.39 is 0 Å². The molecule has 0 aromatic heterocycles. The maximum Gasteiger partial charge on any atom is 0.0673 e. The Hall–Kier alpha value is -0.400. The molecule has 0 aliphatic carbocycles. The van der Waals surface area contributed by atoms with E-state index in [1.54, 1.807) is 6.07 Å². The lowest BCUT2D eigenvalue weighted by Crippen LogP contribution is -1.89. The molecule has 94 valence electrons. The van der Waals surface area contributed by atoms with Crippen molar-refractivity contribution in [2.75, 3.05) is 0 Å². The monoisotopic (exact) mass is 318 g/mol. The van der Waals surface area contributed by atoms with Crippen molar-refractivity contribution in [3.05, 3.63) is 55.5 Å². The molecule has 4 heteroatoms. The Morgan fingerprint density at radius 1 is 0.778 bits per heavy atom. The summed E-state index contributed by atoms with van der Waals surface area (Å²) in [6.07, 6.45) is 0. The minimum absolute atomic E-state index is 0.495. The van der Waals surface area contributed by atoms with Crippen molar-refractivity contribution < 1.29 is 0 Å². The summed E-state index contributed by atoms with van der Waals surface area (Å²) in [5.41, 5.74) is 3.68. The van der Waals surface area contributed by atoms with Gasteiger partial charge in [-0.2, -0.15) is 0 Å². The van der Waals surface area contributed by atoms with Crippen LogP contribution in [0, 0.1) is 13.8 Å². The topological polar surface area (TPSA) is 0 Å². The molecule has 0 aliphatic heterocycles. The molecule has 0 atom stereocenters. The maximum absolute atomic E-state index is 6.28. The van der Waals surface area contributed by atoms with Gasteiger partial charge >= 0.3 is 0 Å². The standard InChI is InChI=1S/C14H10Cl4/c1-7-5-9(13(17)11(16)6-7)12-8(2)3-4-10(15)14(12)18/h3-6H,1-2H3. The van der Waals surface area contributed by atoms with Crippen molar-refractivity contribution in [3.8, 4) is 11.1 Å². The minimum Gasteiger partial charge on any atom is -0.0827 e. The minimum atomic E-state index is 0.495. The highest BCUT2D eigenvalue weighted by atomic mass is 35.5. The Balaban J connectivity index is 2.81. The molecule has 2 rings (SSSR count). The Morgan fingerprint density at radius 2 is 1.44 bits per heavy atom. The van der Waals surface area contributed by atoms with Crippen LogP contribution in [0.5, 0.6) is 0 Å². The second kappa shape index (κ2) is 5.30. The van der Waals surface area contributed by atoms with Gasteiger partial charge in [0.15, 0.2) is 0 Å². The highest BCUT2D eigenvalue weighted by molar-refractivity contribution is 6.46. The van der Waals surface area contributed by atoms with E-state index in [1.807, 2.05) is 32.0 Å². The molecule has 0 saturated carbocycles. The summed E-state index contributed by atoms with van der Waals surface area (Å²) in [6, 6.07) is 7.46. The summed E-state index contributed by atoms with van der Waals surface area (Å²) in [5.74, 6) is 0. The molecule has 0 amide bonds. The summed E-state index contributed by atoms with van der Waals surface area (Å²) in [4.78, 5) is 0. The zero-order valence-corrected chi connectivity index (χ0v) is 12.8. The van der Waals surface area contributed by atoms with E-state index in [4.69, 9.17) is 46.4 Å². The lowest BCUT2D eigenvalue weighted by Gasteiger charge is -2.13. The molecule has 2 aromatic carbocycles. The molecule has 0 radical (unpaired) electrons. The van der Waals surface area contributed by atoms with Crippen molar-refractivity contribution in [1.82, 2.24) is 0 Å². The summed E-state index contributed by atoms with van der Waals surface area (Å²) in [6.45, 7) is 3.92. The summed E-state index contributed by atoms with van der Waals surface area (Å²) in [5, 5.41) is 2.02. The normalized spacial score (nSPS) is 10.8. The average molecular weight is 320 g/mol. The van der Waals surface area contributed by atoms with Gasteiger partial charge in [0.25, 0.3) is 0 Å². The van der Waals surface area contributed by atoms with Gasteiger partial charge in [0.05, 0.1) is 20.1 Å². The maximum atomic E-state index is 6.28. The highest BCUT2D eigenvalue weighted by Gasteiger charge is 2.15. The first-order valence-electron chi connectivity index (χ1n) is 5.32. The van der Waals surface area contributed by atoms with Crippen LogP contribution < -0.4 is 0 Å². The predicted molar refractivity (Wildman–Crippen MR) is 81.4 cm³/mol. The van der Waals surface area contributed by atoms with Crippen LogP contribution in [0.3, 0.4) is 0 Å². The highest BCUT2D eigenvalue weighted by Crippen LogP contribution is 2.42. The van der Waals surface area contributed by atoms with Gasteiger partial charge in [0.2, 0.25) is 0 Å². The molecule has 2 aromatic rings. The molecule has 0 heterocycles. The third-order valence-corrected chi connectivity index (χ3v) is 4.35. The third kappa shape index (κ3) is 2.48. The zero-order valence-electron chi connectivity index (χ0n) is 9.82. The molecule has 0 nitrogen and oxygen atoms in total. The van der Waals surface area contributed by atoms with Crippen LogP contribution in [-0.2, 0) is 0 Å². The molecule has 0 spiro atoms. The van der Waals surface area contributed by atoms with Gasteiger partial charge in [0.1, 0.15) is 0 Å². The van der Waals surface area contributed by atoms with E-state index in [2.05, 4.69) is 0 Å². The summed E-state index contributed by atoms with van der Waals surface area (Å²) >= 11 is 24.7. The van der Waals surface area contributed by atoms with Gasteiger partial charge in [-0.15, -0.1) is 0 Å². The molecular weight excluding hydrogens is 310 g/mol. The van der Waals surface area contributed by atoms with Gasteiger partial charge in [-0.1, -0.05) is 52.5 Å². The molecule has 18 heavy (non-hydrogen) atoms. The average Bonchev–Trinajstić information content (AvgIpc) is 2.30. The fourth-order valence-electron chi connectivity index (χ4n) is 1.88. The van der Waals surface area contributed by atoms with E-state index in [9.17, 15) is 0 Å². The van der Waals surface area contributed by atoms with Crippen LogP contribution in [0.25, 0.3) is 11.1 Å². The van der Waals surface area contributed by atoms with Crippen LogP contribution in [0.2, 0.25) is 20.1 Å². The van der Waals surface area contributed by atoms with E-state index >= 15 is 0 Å². The molecule has 0 fully saturated rings. The number of halogens is 4. The smallest absolute Gasteiger partial charge is 0.0673 e. The van der Waals surface area contributed by atoms with Crippen LogP contribution in [-0.4, -0.2) is 0 Å². The van der Waals surface area contributed by atoms with Crippen molar-refractivity contribution in [3.63, 3.8) is 0 Å². The summed E-state index contributed by atoms with van der Waals surface area (Å²) in [7, 11) is 0. The zero-order chi connectivity index (χ0) is 13.4. The van der Waals surface area contributed by atoms with Crippen LogP contribution in [0.4, 0.5) is 0 Å².